The number of benzene rings is 2. The molecule has 2 aromatic rings. The predicted molar refractivity (Wildman–Crippen MR) is 127 cm³/mol. The van der Waals surface area contributed by atoms with Gasteiger partial charge in [-0.1, -0.05) is 35.3 Å². The molecule has 0 aliphatic heterocycles. The zero-order valence-electron chi connectivity index (χ0n) is 18.5. The van der Waals surface area contributed by atoms with Crippen LogP contribution < -0.4 is 14.2 Å². The summed E-state index contributed by atoms with van der Waals surface area (Å²) in [5.74, 6) is 2.83. The van der Waals surface area contributed by atoms with Crippen LogP contribution in [0.1, 0.15) is 41.0 Å². The van der Waals surface area contributed by atoms with Gasteiger partial charge in [0, 0.05) is 0 Å². The highest BCUT2D eigenvalue weighted by atomic mass is 35.5. The van der Waals surface area contributed by atoms with Crippen LogP contribution in [-0.4, -0.2) is 24.0 Å². The summed E-state index contributed by atoms with van der Waals surface area (Å²) >= 11 is 11.1. The molecule has 0 heterocycles. The molecule has 0 saturated carbocycles. The Morgan fingerprint density at radius 1 is 0.935 bits per heavy atom. The number of oxime groups is 1. The summed E-state index contributed by atoms with van der Waals surface area (Å²) < 4.78 is 17.6. The predicted octanol–water partition coefficient (Wildman–Crippen LogP) is 7.53. The molecule has 1 atom stereocenters. The smallest absolute Gasteiger partial charge is 0.139 e. The highest BCUT2D eigenvalue weighted by Crippen LogP contribution is 2.26. The van der Waals surface area contributed by atoms with Crippen LogP contribution in [0.15, 0.2) is 64.3 Å². The van der Waals surface area contributed by atoms with E-state index in [4.69, 9.17) is 42.3 Å². The molecule has 0 saturated heterocycles. The van der Waals surface area contributed by atoms with Gasteiger partial charge in [0.15, 0.2) is 0 Å². The second-order valence-electron chi connectivity index (χ2n) is 7.80. The number of hydrogen-bond acceptors (Lipinski definition) is 5. The van der Waals surface area contributed by atoms with Crippen molar-refractivity contribution in [1.82, 2.24) is 0 Å². The van der Waals surface area contributed by atoms with Crippen LogP contribution in [0.4, 0.5) is 0 Å². The zero-order chi connectivity index (χ0) is 22.9. The lowest BCUT2D eigenvalue weighted by molar-refractivity contribution is -0.000810. The Kier molecular flexibility index (Phi) is 9.53. The molecule has 2 rings (SSSR count). The van der Waals surface area contributed by atoms with Crippen LogP contribution in [0, 0.1) is 0 Å². The number of ether oxygens (including phenoxy) is 3. The lowest BCUT2D eigenvalue weighted by atomic mass is 10.2. The van der Waals surface area contributed by atoms with Crippen molar-refractivity contribution >= 4 is 28.9 Å². The molecule has 7 heteroatoms. The first-order chi connectivity index (χ1) is 14.7. The van der Waals surface area contributed by atoms with E-state index in [0.29, 0.717) is 23.9 Å². The van der Waals surface area contributed by atoms with Gasteiger partial charge >= 0.3 is 0 Å². The van der Waals surface area contributed by atoms with Gasteiger partial charge in [0.1, 0.15) is 45.8 Å². The molecule has 5 nitrogen and oxygen atoms in total. The van der Waals surface area contributed by atoms with Gasteiger partial charge < -0.3 is 19.0 Å². The minimum atomic E-state index is -0.335. The average molecular weight is 466 g/mol. The fraction of sp³-hybridized carbons (Fsp3) is 0.375. The first-order valence-electron chi connectivity index (χ1n) is 10.1. The van der Waals surface area contributed by atoms with Gasteiger partial charge in [0.2, 0.25) is 0 Å². The highest BCUT2D eigenvalue weighted by molar-refractivity contribution is 6.55. The van der Waals surface area contributed by atoms with E-state index in [1.165, 1.54) is 0 Å². The molecule has 0 N–H and O–H groups in total. The molecule has 0 spiro atoms. The lowest BCUT2D eigenvalue weighted by Gasteiger charge is -2.20. The third-order valence-electron chi connectivity index (χ3n) is 3.95. The van der Waals surface area contributed by atoms with Gasteiger partial charge in [-0.3, -0.25) is 0 Å². The molecule has 0 aliphatic carbocycles. The molecule has 0 amide bonds. The van der Waals surface area contributed by atoms with Gasteiger partial charge in [-0.05, 0) is 88.7 Å². The summed E-state index contributed by atoms with van der Waals surface area (Å²) in [6.07, 6.45) is 2.19. The minimum Gasteiger partial charge on any atom is -0.489 e. The summed E-state index contributed by atoms with van der Waals surface area (Å²) in [6.45, 7) is 10.1. The largest absolute Gasteiger partial charge is 0.489 e. The number of hydrogen-bond donors (Lipinski definition) is 0. The van der Waals surface area contributed by atoms with Crippen LogP contribution in [0.5, 0.6) is 23.0 Å². The zero-order valence-corrected chi connectivity index (χ0v) is 20.0. The Morgan fingerprint density at radius 2 is 1.45 bits per heavy atom. The van der Waals surface area contributed by atoms with E-state index >= 15 is 0 Å². The molecular formula is C24H29Cl2NO4. The average Bonchev–Trinajstić information content (AvgIpc) is 2.72. The molecule has 0 radical (unpaired) electrons. The van der Waals surface area contributed by atoms with Crippen molar-refractivity contribution in [3.63, 3.8) is 0 Å². The summed E-state index contributed by atoms with van der Waals surface area (Å²) in [5, 5.41) is 4.21. The van der Waals surface area contributed by atoms with Gasteiger partial charge in [-0.2, -0.15) is 0 Å². The maximum atomic E-state index is 6.06. The Morgan fingerprint density at radius 3 is 1.94 bits per heavy atom. The van der Waals surface area contributed by atoms with Crippen LogP contribution in [0.2, 0.25) is 0 Å². The topological polar surface area (TPSA) is 49.3 Å². The Labute approximate surface area is 194 Å². The summed E-state index contributed by atoms with van der Waals surface area (Å²) in [5.41, 5.74) is 0.460. The van der Waals surface area contributed by atoms with E-state index in [2.05, 4.69) is 5.16 Å². The SMILES string of the molecule is CCC(Oc1ccc(Oc2ccc(OCC=C(Cl)Cl)cc2)cc1)C(C)=NOC(C)(C)C. The van der Waals surface area contributed by atoms with Crippen molar-refractivity contribution in [2.45, 2.75) is 52.7 Å². The Bertz CT molecular complexity index is 868. The molecule has 31 heavy (non-hydrogen) atoms. The number of halogens is 2. The second-order valence-corrected chi connectivity index (χ2v) is 8.81. The quantitative estimate of drug-likeness (QED) is 0.268. The van der Waals surface area contributed by atoms with Gasteiger partial charge in [-0.25, -0.2) is 0 Å². The maximum Gasteiger partial charge on any atom is 0.139 e. The van der Waals surface area contributed by atoms with Crippen molar-refractivity contribution in [2.75, 3.05) is 6.61 Å². The first-order valence-corrected chi connectivity index (χ1v) is 10.8. The van der Waals surface area contributed by atoms with Crippen LogP contribution in [-0.2, 0) is 4.84 Å². The lowest BCUT2D eigenvalue weighted by Crippen LogP contribution is -2.26. The molecule has 2 aromatic carbocycles. The van der Waals surface area contributed by atoms with E-state index in [1.807, 2.05) is 83.1 Å². The minimum absolute atomic E-state index is 0.162. The highest BCUT2D eigenvalue weighted by Gasteiger charge is 2.16. The molecule has 0 aromatic heterocycles. The third-order valence-corrected chi connectivity index (χ3v) is 4.26. The van der Waals surface area contributed by atoms with E-state index in [1.54, 1.807) is 6.08 Å². The Balaban J connectivity index is 1.93. The first kappa shape index (κ1) is 24.9. The van der Waals surface area contributed by atoms with E-state index in [-0.39, 0.29) is 16.2 Å². The second kappa shape index (κ2) is 11.9. The fourth-order valence-electron chi connectivity index (χ4n) is 2.42. The van der Waals surface area contributed by atoms with Crippen molar-refractivity contribution in [2.24, 2.45) is 5.16 Å². The normalized spacial score (nSPS) is 12.7. The molecule has 0 aliphatic rings. The summed E-state index contributed by atoms with van der Waals surface area (Å²) in [4.78, 5) is 5.50. The Hall–Kier alpha value is -2.37. The van der Waals surface area contributed by atoms with Crippen LogP contribution in [0.3, 0.4) is 0 Å². The van der Waals surface area contributed by atoms with Crippen molar-refractivity contribution in [3.05, 3.63) is 59.1 Å². The summed E-state index contributed by atoms with van der Waals surface area (Å²) in [7, 11) is 0. The third kappa shape index (κ3) is 9.53. The maximum absolute atomic E-state index is 6.06. The van der Waals surface area contributed by atoms with Gasteiger partial charge in [0.05, 0.1) is 5.71 Å². The summed E-state index contributed by atoms with van der Waals surface area (Å²) in [6, 6.07) is 14.7. The van der Waals surface area contributed by atoms with E-state index in [0.717, 1.165) is 17.9 Å². The number of rotatable bonds is 10. The molecular weight excluding hydrogens is 437 g/mol. The number of nitrogens with zero attached hydrogens (tertiary/aromatic N) is 1. The van der Waals surface area contributed by atoms with Crippen molar-refractivity contribution in [1.29, 1.82) is 0 Å². The molecule has 0 fully saturated rings. The van der Waals surface area contributed by atoms with Gasteiger partial charge in [-0.15, -0.1) is 0 Å². The van der Waals surface area contributed by atoms with Crippen molar-refractivity contribution in [3.8, 4) is 23.0 Å². The van der Waals surface area contributed by atoms with Gasteiger partial charge in [0.25, 0.3) is 0 Å². The molecule has 1 unspecified atom stereocenters. The molecule has 0 bridgehead atoms. The van der Waals surface area contributed by atoms with E-state index in [9.17, 15) is 0 Å². The standard InChI is InChI=1S/C24H29Cl2NO4/c1-6-22(17(2)27-31-24(3,4)5)30-21-13-11-20(12-14-21)29-19-9-7-18(8-10-19)28-16-15-23(25)26/h7-15,22H,6,16H2,1-5H3. The fourth-order valence-corrected chi connectivity index (χ4v) is 2.55. The molecule has 168 valence electrons. The van der Waals surface area contributed by atoms with Crippen molar-refractivity contribution < 1.29 is 19.0 Å². The van der Waals surface area contributed by atoms with Crippen LogP contribution in [0.25, 0.3) is 0 Å². The van der Waals surface area contributed by atoms with E-state index < -0.39 is 0 Å². The monoisotopic (exact) mass is 465 g/mol. The van der Waals surface area contributed by atoms with Crippen LogP contribution >= 0.6 is 23.2 Å².